The second-order valence-corrected chi connectivity index (χ2v) is 11.1. The average molecular weight is 469 g/mol. The van der Waals surface area contributed by atoms with Gasteiger partial charge in [-0.2, -0.15) is 4.72 Å². The molecule has 1 aromatic carbocycles. The van der Waals surface area contributed by atoms with Gasteiger partial charge in [0.2, 0.25) is 10.0 Å². The van der Waals surface area contributed by atoms with Gasteiger partial charge in [-0.05, 0) is 50.8 Å². The number of nitrogens with zero attached hydrogens (tertiary/aromatic N) is 1. The first-order valence-corrected chi connectivity index (χ1v) is 14.2. The maximum atomic E-state index is 13.4. The highest BCUT2D eigenvalue weighted by atomic mass is 32.2. The van der Waals surface area contributed by atoms with E-state index in [1.54, 1.807) is 0 Å². The van der Waals surface area contributed by atoms with Gasteiger partial charge >= 0.3 is 0 Å². The molecule has 32 heavy (non-hydrogen) atoms. The molecule has 0 heterocycles. The molecule has 3 unspecified atom stereocenters. The number of hydrogen-bond donors (Lipinski definition) is 1. The molecule has 6 heteroatoms. The third-order valence-corrected chi connectivity index (χ3v) is 8.44. The fourth-order valence-corrected chi connectivity index (χ4v) is 6.15. The van der Waals surface area contributed by atoms with Gasteiger partial charge in [0, 0.05) is 0 Å². The molecular weight excluding hydrogens is 420 g/mol. The van der Waals surface area contributed by atoms with E-state index in [2.05, 4.69) is 30.4 Å². The van der Waals surface area contributed by atoms with Crippen LogP contribution in [0.4, 0.5) is 0 Å². The van der Waals surface area contributed by atoms with Crippen molar-refractivity contribution >= 4 is 10.0 Å². The Morgan fingerprint density at radius 3 is 2.12 bits per heavy atom. The van der Waals surface area contributed by atoms with Crippen molar-refractivity contribution in [3.8, 4) is 0 Å². The highest BCUT2D eigenvalue weighted by Gasteiger charge is 2.32. The van der Waals surface area contributed by atoms with Gasteiger partial charge in [-0.15, -0.1) is 0 Å². The Bertz CT molecular complexity index is 690. The zero-order valence-corrected chi connectivity index (χ0v) is 22.2. The standard InChI is InChI=1S/C26H48N2O3S/c1-7-10-11-15-18-26(28(8-2)9-3)27-32(29,30)25(22(4)5)20-19-23(6)31-21-24-16-13-12-14-17-24/h12-14,16-17,22-23,25-27H,7-11,15,18-21H2,1-6H3. The summed E-state index contributed by atoms with van der Waals surface area (Å²) in [5.74, 6) is 0.0475. The second kappa shape index (κ2) is 15.8. The van der Waals surface area contributed by atoms with Crippen molar-refractivity contribution in [1.82, 2.24) is 9.62 Å². The largest absolute Gasteiger partial charge is 0.374 e. The number of rotatable bonds is 18. The highest BCUT2D eigenvalue weighted by molar-refractivity contribution is 7.90. The van der Waals surface area contributed by atoms with E-state index in [1.165, 1.54) is 12.8 Å². The van der Waals surface area contributed by atoms with Gasteiger partial charge in [0.1, 0.15) is 0 Å². The molecule has 0 saturated heterocycles. The van der Waals surface area contributed by atoms with E-state index < -0.39 is 15.3 Å². The monoisotopic (exact) mass is 468 g/mol. The van der Waals surface area contributed by atoms with E-state index in [9.17, 15) is 8.42 Å². The SMILES string of the molecule is CCCCCCC(NS(=O)(=O)C(CCC(C)OCc1ccccc1)C(C)C)N(CC)CC. The zero-order valence-electron chi connectivity index (χ0n) is 21.3. The van der Waals surface area contributed by atoms with Crippen LogP contribution < -0.4 is 4.72 Å². The Hall–Kier alpha value is -0.950. The van der Waals surface area contributed by atoms with Crippen molar-refractivity contribution in [2.24, 2.45) is 5.92 Å². The lowest BCUT2D eigenvalue weighted by molar-refractivity contribution is 0.0456. The first-order chi connectivity index (χ1) is 15.2. The molecule has 0 bridgehead atoms. The van der Waals surface area contributed by atoms with Crippen LogP contribution in [-0.2, 0) is 21.4 Å². The van der Waals surface area contributed by atoms with Gasteiger partial charge in [-0.1, -0.05) is 90.6 Å². The summed E-state index contributed by atoms with van der Waals surface area (Å²) in [4.78, 5) is 2.23. The molecule has 0 aliphatic carbocycles. The number of ether oxygens (including phenoxy) is 1. The van der Waals surface area contributed by atoms with Gasteiger partial charge in [-0.25, -0.2) is 8.42 Å². The molecule has 1 N–H and O–H groups in total. The molecule has 0 radical (unpaired) electrons. The van der Waals surface area contributed by atoms with Crippen molar-refractivity contribution in [2.45, 2.75) is 111 Å². The van der Waals surface area contributed by atoms with Gasteiger partial charge in [0.25, 0.3) is 0 Å². The molecule has 0 fully saturated rings. The van der Waals surface area contributed by atoms with Crippen LogP contribution in [0, 0.1) is 5.92 Å². The van der Waals surface area contributed by atoms with Gasteiger partial charge in [0.15, 0.2) is 0 Å². The van der Waals surface area contributed by atoms with Crippen molar-refractivity contribution in [3.05, 3.63) is 35.9 Å². The van der Waals surface area contributed by atoms with Crippen LogP contribution in [0.3, 0.4) is 0 Å². The molecule has 5 nitrogen and oxygen atoms in total. The van der Waals surface area contributed by atoms with Crippen LogP contribution in [0.2, 0.25) is 0 Å². The summed E-state index contributed by atoms with van der Waals surface area (Å²) < 4.78 is 35.9. The van der Waals surface area contributed by atoms with Crippen LogP contribution in [0.1, 0.15) is 92.1 Å². The van der Waals surface area contributed by atoms with Crippen LogP contribution in [-0.4, -0.2) is 43.9 Å². The van der Waals surface area contributed by atoms with E-state index in [-0.39, 0.29) is 18.2 Å². The predicted octanol–water partition coefficient (Wildman–Crippen LogP) is 5.95. The quantitative estimate of drug-likeness (QED) is 0.213. The highest BCUT2D eigenvalue weighted by Crippen LogP contribution is 2.21. The normalized spacial score (nSPS) is 15.2. The molecule has 1 aromatic rings. The third kappa shape index (κ3) is 10.8. The first kappa shape index (κ1) is 29.1. The predicted molar refractivity (Wildman–Crippen MR) is 136 cm³/mol. The van der Waals surface area contributed by atoms with E-state index in [0.29, 0.717) is 13.0 Å². The maximum absolute atomic E-state index is 13.4. The fraction of sp³-hybridized carbons (Fsp3) is 0.769. The number of hydrogen-bond acceptors (Lipinski definition) is 4. The molecule has 0 aromatic heterocycles. The van der Waals surface area contributed by atoms with Gasteiger partial charge < -0.3 is 4.74 Å². The Morgan fingerprint density at radius 1 is 0.906 bits per heavy atom. The molecule has 0 spiro atoms. The summed E-state index contributed by atoms with van der Waals surface area (Å²) in [7, 11) is -3.44. The van der Waals surface area contributed by atoms with E-state index in [4.69, 9.17) is 4.74 Å². The minimum absolute atomic E-state index is 0.0132. The third-order valence-electron chi connectivity index (χ3n) is 6.26. The summed E-state index contributed by atoms with van der Waals surface area (Å²) in [6.07, 6.45) is 6.66. The van der Waals surface area contributed by atoms with Crippen LogP contribution in [0.25, 0.3) is 0 Å². The molecule has 0 amide bonds. The van der Waals surface area contributed by atoms with Crippen molar-refractivity contribution in [2.75, 3.05) is 13.1 Å². The lowest BCUT2D eigenvalue weighted by Crippen LogP contribution is -2.51. The van der Waals surface area contributed by atoms with Crippen LogP contribution in [0.5, 0.6) is 0 Å². The van der Waals surface area contributed by atoms with Crippen molar-refractivity contribution < 1.29 is 13.2 Å². The Balaban J connectivity index is 2.72. The minimum Gasteiger partial charge on any atom is -0.374 e. The summed E-state index contributed by atoms with van der Waals surface area (Å²) >= 11 is 0. The smallest absolute Gasteiger partial charge is 0.216 e. The lowest BCUT2D eigenvalue weighted by Gasteiger charge is -2.33. The van der Waals surface area contributed by atoms with E-state index >= 15 is 0 Å². The Labute approximate surface area is 198 Å². The van der Waals surface area contributed by atoms with Gasteiger partial charge in [-0.3, -0.25) is 4.90 Å². The summed E-state index contributed by atoms with van der Waals surface area (Å²) in [6, 6.07) is 10.1. The van der Waals surface area contributed by atoms with E-state index in [1.807, 2.05) is 51.1 Å². The second-order valence-electron chi connectivity index (χ2n) is 9.22. The number of unbranched alkanes of at least 4 members (excludes halogenated alkanes) is 3. The number of sulfonamides is 1. The van der Waals surface area contributed by atoms with Gasteiger partial charge in [0.05, 0.1) is 24.1 Å². The summed E-state index contributed by atoms with van der Waals surface area (Å²) in [6.45, 7) is 14.7. The average Bonchev–Trinajstić information content (AvgIpc) is 2.76. The molecule has 1 rings (SSSR count). The van der Waals surface area contributed by atoms with Crippen LogP contribution in [0.15, 0.2) is 30.3 Å². The Morgan fingerprint density at radius 2 is 1.56 bits per heavy atom. The zero-order chi connectivity index (χ0) is 24.0. The molecule has 186 valence electrons. The topological polar surface area (TPSA) is 58.6 Å². The van der Waals surface area contributed by atoms with E-state index in [0.717, 1.165) is 44.3 Å². The minimum atomic E-state index is -3.44. The van der Waals surface area contributed by atoms with Crippen molar-refractivity contribution in [1.29, 1.82) is 0 Å². The number of benzene rings is 1. The molecule has 0 aliphatic heterocycles. The fourth-order valence-electron chi connectivity index (χ4n) is 4.16. The summed E-state index contributed by atoms with van der Waals surface area (Å²) in [5, 5.41) is -0.418. The van der Waals surface area contributed by atoms with Crippen molar-refractivity contribution in [3.63, 3.8) is 0 Å². The molecule has 0 saturated carbocycles. The maximum Gasteiger partial charge on any atom is 0.216 e. The first-order valence-electron chi connectivity index (χ1n) is 12.7. The molecule has 0 aliphatic rings. The number of nitrogens with one attached hydrogen (secondary N) is 1. The Kier molecular flexibility index (Phi) is 14.4. The molecular formula is C26H48N2O3S. The molecule has 3 atom stereocenters. The lowest BCUT2D eigenvalue weighted by atomic mass is 10.0. The summed E-state index contributed by atoms with van der Waals surface area (Å²) in [5.41, 5.74) is 1.14. The van der Waals surface area contributed by atoms with Crippen LogP contribution >= 0.6 is 0 Å².